The minimum atomic E-state index is -0.242. The molecule has 0 amide bonds. The van der Waals surface area contributed by atoms with Crippen LogP contribution in [0.3, 0.4) is 0 Å². The standard InChI is InChI=1S/C13H16ClNO/c1-9-5-6-10(11(14)8-9)13(15)12-4-2-3-7-16-12/h4-6,8,13H,2-3,7,15H2,1H3. The van der Waals surface area contributed by atoms with E-state index in [1.807, 2.05) is 25.1 Å². The van der Waals surface area contributed by atoms with E-state index in [4.69, 9.17) is 22.1 Å². The molecule has 0 aromatic heterocycles. The zero-order valence-corrected chi connectivity index (χ0v) is 10.1. The summed E-state index contributed by atoms with van der Waals surface area (Å²) in [5.41, 5.74) is 8.21. The molecule has 3 heteroatoms. The van der Waals surface area contributed by atoms with Gasteiger partial charge in [0.2, 0.25) is 0 Å². The maximum atomic E-state index is 6.18. The lowest BCUT2D eigenvalue weighted by Gasteiger charge is -2.21. The summed E-state index contributed by atoms with van der Waals surface area (Å²) in [6.45, 7) is 2.76. The van der Waals surface area contributed by atoms with Gasteiger partial charge >= 0.3 is 0 Å². The highest BCUT2D eigenvalue weighted by Gasteiger charge is 2.17. The number of hydrogen-bond acceptors (Lipinski definition) is 2. The van der Waals surface area contributed by atoms with Gasteiger partial charge in [0.25, 0.3) is 0 Å². The predicted octanol–water partition coefficient (Wildman–Crippen LogP) is 3.34. The summed E-state index contributed by atoms with van der Waals surface area (Å²) in [4.78, 5) is 0. The molecule has 2 nitrogen and oxygen atoms in total. The van der Waals surface area contributed by atoms with Crippen LogP contribution in [0.4, 0.5) is 0 Å². The van der Waals surface area contributed by atoms with Crippen LogP contribution >= 0.6 is 11.6 Å². The SMILES string of the molecule is Cc1ccc(C(N)C2=CCCCO2)c(Cl)c1. The van der Waals surface area contributed by atoms with Gasteiger partial charge in [0.05, 0.1) is 12.6 Å². The molecule has 1 aliphatic rings. The summed E-state index contributed by atoms with van der Waals surface area (Å²) in [6, 6.07) is 5.68. The van der Waals surface area contributed by atoms with Crippen LogP contribution < -0.4 is 5.73 Å². The van der Waals surface area contributed by atoms with E-state index >= 15 is 0 Å². The zero-order chi connectivity index (χ0) is 11.5. The normalized spacial score (nSPS) is 17.6. The molecular weight excluding hydrogens is 222 g/mol. The summed E-state index contributed by atoms with van der Waals surface area (Å²) < 4.78 is 5.56. The fourth-order valence-electron chi connectivity index (χ4n) is 1.83. The van der Waals surface area contributed by atoms with Crippen molar-refractivity contribution in [2.75, 3.05) is 6.61 Å². The number of benzene rings is 1. The van der Waals surface area contributed by atoms with Crippen LogP contribution in [0, 0.1) is 6.92 Å². The van der Waals surface area contributed by atoms with E-state index < -0.39 is 0 Å². The fourth-order valence-corrected chi connectivity index (χ4v) is 2.18. The van der Waals surface area contributed by atoms with Crippen LogP contribution in [-0.4, -0.2) is 6.61 Å². The van der Waals surface area contributed by atoms with Crippen molar-refractivity contribution >= 4 is 11.6 Å². The third-order valence-electron chi connectivity index (χ3n) is 2.76. The van der Waals surface area contributed by atoms with Crippen LogP contribution in [-0.2, 0) is 4.74 Å². The molecule has 0 bridgehead atoms. The zero-order valence-electron chi connectivity index (χ0n) is 9.37. The van der Waals surface area contributed by atoms with Gasteiger partial charge in [-0.1, -0.05) is 23.7 Å². The first-order valence-electron chi connectivity index (χ1n) is 5.53. The monoisotopic (exact) mass is 237 g/mol. The van der Waals surface area contributed by atoms with Gasteiger partial charge in [-0.25, -0.2) is 0 Å². The molecule has 0 radical (unpaired) electrons. The van der Waals surface area contributed by atoms with Crippen LogP contribution in [0.2, 0.25) is 5.02 Å². The average Bonchev–Trinajstić information content (AvgIpc) is 2.29. The second kappa shape index (κ2) is 4.89. The van der Waals surface area contributed by atoms with Crippen molar-refractivity contribution in [3.8, 4) is 0 Å². The molecule has 0 fully saturated rings. The summed E-state index contributed by atoms with van der Waals surface area (Å²) in [6.07, 6.45) is 4.16. The number of hydrogen-bond donors (Lipinski definition) is 1. The van der Waals surface area contributed by atoms with E-state index in [-0.39, 0.29) is 6.04 Å². The highest BCUT2D eigenvalue weighted by atomic mass is 35.5. The smallest absolute Gasteiger partial charge is 0.113 e. The Labute approximate surface area is 101 Å². The Kier molecular flexibility index (Phi) is 3.52. The largest absolute Gasteiger partial charge is 0.496 e. The lowest BCUT2D eigenvalue weighted by Crippen LogP contribution is -2.18. The molecule has 1 aromatic rings. The first-order valence-corrected chi connectivity index (χ1v) is 5.91. The van der Waals surface area contributed by atoms with Crippen molar-refractivity contribution in [1.82, 2.24) is 0 Å². The van der Waals surface area contributed by atoms with E-state index in [0.29, 0.717) is 5.02 Å². The average molecular weight is 238 g/mol. The van der Waals surface area contributed by atoms with Gasteiger partial charge in [-0.15, -0.1) is 0 Å². The minimum absolute atomic E-state index is 0.242. The maximum Gasteiger partial charge on any atom is 0.113 e. The molecule has 1 aliphatic heterocycles. The van der Waals surface area contributed by atoms with Gasteiger partial charge in [-0.2, -0.15) is 0 Å². The van der Waals surface area contributed by atoms with E-state index in [2.05, 4.69) is 6.08 Å². The summed E-state index contributed by atoms with van der Waals surface area (Å²) in [5.74, 6) is 0.844. The Bertz CT molecular complexity index is 414. The molecule has 1 heterocycles. The molecule has 0 aliphatic carbocycles. The molecule has 0 saturated carbocycles. The van der Waals surface area contributed by atoms with Crippen LogP contribution in [0.5, 0.6) is 0 Å². The van der Waals surface area contributed by atoms with E-state index in [1.165, 1.54) is 0 Å². The lowest BCUT2D eigenvalue weighted by molar-refractivity contribution is 0.176. The second-order valence-electron chi connectivity index (χ2n) is 4.10. The highest BCUT2D eigenvalue weighted by molar-refractivity contribution is 6.31. The van der Waals surface area contributed by atoms with Crippen molar-refractivity contribution in [3.63, 3.8) is 0 Å². The molecule has 16 heavy (non-hydrogen) atoms. The molecule has 2 rings (SSSR count). The number of allylic oxidation sites excluding steroid dienone is 1. The van der Waals surface area contributed by atoms with Crippen LogP contribution in [0.1, 0.15) is 30.0 Å². The van der Waals surface area contributed by atoms with E-state index in [1.54, 1.807) is 0 Å². The molecular formula is C13H16ClNO. The van der Waals surface area contributed by atoms with Crippen LogP contribution in [0.15, 0.2) is 30.0 Å². The van der Waals surface area contributed by atoms with Crippen molar-refractivity contribution in [2.24, 2.45) is 5.73 Å². The Morgan fingerprint density at radius 3 is 2.88 bits per heavy atom. The number of aryl methyl sites for hydroxylation is 1. The summed E-state index contributed by atoms with van der Waals surface area (Å²) in [7, 11) is 0. The molecule has 0 spiro atoms. The quantitative estimate of drug-likeness (QED) is 0.856. The van der Waals surface area contributed by atoms with Crippen molar-refractivity contribution in [2.45, 2.75) is 25.8 Å². The first-order chi connectivity index (χ1) is 7.68. The van der Waals surface area contributed by atoms with E-state index in [0.717, 1.165) is 36.3 Å². The molecule has 1 unspecified atom stereocenters. The lowest BCUT2D eigenvalue weighted by atomic mass is 10.0. The summed E-state index contributed by atoms with van der Waals surface area (Å²) in [5, 5.41) is 0.711. The second-order valence-corrected chi connectivity index (χ2v) is 4.51. The Hall–Kier alpha value is -0.990. The molecule has 0 saturated heterocycles. The maximum absolute atomic E-state index is 6.18. The van der Waals surface area contributed by atoms with Crippen molar-refractivity contribution in [1.29, 1.82) is 0 Å². The number of halogens is 1. The van der Waals surface area contributed by atoms with Gasteiger partial charge < -0.3 is 10.5 Å². The topological polar surface area (TPSA) is 35.2 Å². The molecule has 1 atom stereocenters. The third kappa shape index (κ3) is 2.39. The van der Waals surface area contributed by atoms with Gasteiger partial charge in [0.1, 0.15) is 5.76 Å². The van der Waals surface area contributed by atoms with Crippen LogP contribution in [0.25, 0.3) is 0 Å². The van der Waals surface area contributed by atoms with Gasteiger partial charge in [-0.3, -0.25) is 0 Å². The van der Waals surface area contributed by atoms with Crippen molar-refractivity contribution in [3.05, 3.63) is 46.2 Å². The fraction of sp³-hybridized carbons (Fsp3) is 0.385. The number of nitrogens with two attached hydrogens (primary N) is 1. The Morgan fingerprint density at radius 2 is 2.25 bits per heavy atom. The molecule has 2 N–H and O–H groups in total. The number of rotatable bonds is 2. The van der Waals surface area contributed by atoms with Crippen molar-refractivity contribution < 1.29 is 4.74 Å². The Morgan fingerprint density at radius 1 is 1.44 bits per heavy atom. The number of ether oxygens (including phenoxy) is 1. The van der Waals surface area contributed by atoms with Gasteiger partial charge in [0.15, 0.2) is 0 Å². The Balaban J connectivity index is 2.26. The van der Waals surface area contributed by atoms with Gasteiger partial charge in [-0.05, 0) is 43.0 Å². The van der Waals surface area contributed by atoms with Gasteiger partial charge in [0, 0.05) is 5.02 Å². The minimum Gasteiger partial charge on any atom is -0.496 e. The van der Waals surface area contributed by atoms with E-state index in [9.17, 15) is 0 Å². The highest BCUT2D eigenvalue weighted by Crippen LogP contribution is 2.29. The first kappa shape index (κ1) is 11.5. The third-order valence-corrected chi connectivity index (χ3v) is 3.09. The molecule has 1 aromatic carbocycles. The summed E-state index contributed by atoms with van der Waals surface area (Å²) >= 11 is 6.18. The predicted molar refractivity (Wildman–Crippen MR) is 66.4 cm³/mol. The molecule has 86 valence electrons.